The van der Waals surface area contributed by atoms with Crippen LogP contribution < -0.4 is 4.72 Å². The molecular formula is C10H19NO3S. The molecule has 0 radical (unpaired) electrons. The first-order chi connectivity index (χ1) is 6.97. The molecule has 0 aromatic heterocycles. The highest BCUT2D eigenvalue weighted by Gasteiger charge is 2.30. The van der Waals surface area contributed by atoms with Crippen molar-refractivity contribution in [1.29, 1.82) is 0 Å². The maximum Gasteiger partial charge on any atom is 0.237 e. The van der Waals surface area contributed by atoms with Crippen LogP contribution >= 0.6 is 0 Å². The first-order valence-electron chi connectivity index (χ1n) is 5.53. The Kier molecular flexibility index (Phi) is 4.13. The summed E-state index contributed by atoms with van der Waals surface area (Å²) in [6.07, 6.45) is 4.07. The molecule has 5 heteroatoms. The van der Waals surface area contributed by atoms with Crippen LogP contribution in [-0.2, 0) is 14.8 Å². The van der Waals surface area contributed by atoms with Crippen LogP contribution in [0.3, 0.4) is 0 Å². The molecule has 1 fully saturated rings. The number of hydrogen-bond acceptors (Lipinski definition) is 3. The second-order valence-electron chi connectivity index (χ2n) is 4.24. The van der Waals surface area contributed by atoms with E-state index in [0.29, 0.717) is 6.42 Å². The van der Waals surface area contributed by atoms with Crippen molar-refractivity contribution in [2.45, 2.75) is 51.2 Å². The summed E-state index contributed by atoms with van der Waals surface area (Å²) in [5.74, 6) is -0.391. The molecule has 1 amide bonds. The normalized spacial score (nSPS) is 19.3. The van der Waals surface area contributed by atoms with Crippen LogP contribution in [0.4, 0.5) is 0 Å². The first-order valence-corrected chi connectivity index (χ1v) is 7.07. The van der Waals surface area contributed by atoms with Crippen molar-refractivity contribution in [3.05, 3.63) is 0 Å². The van der Waals surface area contributed by atoms with Crippen molar-refractivity contribution < 1.29 is 13.2 Å². The third-order valence-electron chi connectivity index (χ3n) is 2.94. The molecule has 1 aliphatic carbocycles. The topological polar surface area (TPSA) is 63.2 Å². The lowest BCUT2D eigenvalue weighted by Crippen LogP contribution is -2.42. The van der Waals surface area contributed by atoms with E-state index >= 15 is 0 Å². The fourth-order valence-electron chi connectivity index (χ4n) is 1.56. The monoisotopic (exact) mass is 233 g/mol. The minimum atomic E-state index is -3.44. The average molecular weight is 233 g/mol. The van der Waals surface area contributed by atoms with E-state index in [1.54, 1.807) is 6.92 Å². The molecule has 0 aromatic rings. The summed E-state index contributed by atoms with van der Waals surface area (Å²) in [6.45, 7) is 3.57. The van der Waals surface area contributed by atoms with Gasteiger partial charge in [-0.05, 0) is 26.2 Å². The number of rotatable bonds is 5. The number of amides is 1. The molecule has 1 atom stereocenters. The lowest BCUT2D eigenvalue weighted by Gasteiger charge is -2.24. The number of nitrogens with one attached hydrogen (secondary N) is 1. The van der Waals surface area contributed by atoms with Crippen LogP contribution in [-0.4, -0.2) is 19.6 Å². The number of sulfonamides is 1. The summed E-state index contributed by atoms with van der Waals surface area (Å²) in [5, 5.41) is -0.480. The summed E-state index contributed by atoms with van der Waals surface area (Å²) < 4.78 is 25.5. The van der Waals surface area contributed by atoms with Crippen molar-refractivity contribution in [2.75, 3.05) is 0 Å². The van der Waals surface area contributed by atoms with Crippen molar-refractivity contribution in [1.82, 2.24) is 4.72 Å². The summed E-state index contributed by atoms with van der Waals surface area (Å²) >= 11 is 0. The lowest BCUT2D eigenvalue weighted by molar-refractivity contribution is -0.125. The minimum absolute atomic E-state index is 0.0754. The first kappa shape index (κ1) is 12.5. The Morgan fingerprint density at radius 2 is 2.07 bits per heavy atom. The fraction of sp³-hybridized carbons (Fsp3) is 0.900. The number of hydrogen-bond donors (Lipinski definition) is 1. The zero-order chi connectivity index (χ0) is 11.5. The third kappa shape index (κ3) is 3.19. The highest BCUT2D eigenvalue weighted by molar-refractivity contribution is 7.90. The Morgan fingerprint density at radius 3 is 2.47 bits per heavy atom. The van der Waals surface area contributed by atoms with Crippen LogP contribution in [0.15, 0.2) is 0 Å². The molecule has 0 heterocycles. The molecule has 0 unspecified atom stereocenters. The second kappa shape index (κ2) is 4.96. The summed E-state index contributed by atoms with van der Waals surface area (Å²) in [4.78, 5) is 11.5. The fourth-order valence-corrected chi connectivity index (χ4v) is 2.75. The minimum Gasteiger partial charge on any atom is -0.274 e. The quantitative estimate of drug-likeness (QED) is 0.781. The van der Waals surface area contributed by atoms with Gasteiger partial charge in [0.15, 0.2) is 0 Å². The van der Waals surface area contributed by atoms with E-state index < -0.39 is 15.3 Å². The maximum absolute atomic E-state index is 11.6. The van der Waals surface area contributed by atoms with E-state index in [1.165, 1.54) is 0 Å². The van der Waals surface area contributed by atoms with Crippen LogP contribution in [0.5, 0.6) is 0 Å². The van der Waals surface area contributed by atoms with Crippen LogP contribution in [0.2, 0.25) is 0 Å². The van der Waals surface area contributed by atoms with Crippen LogP contribution in [0.1, 0.15) is 46.0 Å². The molecule has 88 valence electrons. The molecule has 1 rings (SSSR count). The van der Waals surface area contributed by atoms with Crippen molar-refractivity contribution in [3.63, 3.8) is 0 Å². The van der Waals surface area contributed by atoms with Crippen LogP contribution in [0.25, 0.3) is 0 Å². The molecule has 0 aliphatic heterocycles. The molecule has 0 bridgehead atoms. The number of carbonyl (C=O) groups is 1. The standard InChI is InChI=1S/C10H19NO3S/c1-3-5-8(2)15(13,14)11-10(12)9-6-4-7-9/h8-9H,3-7H2,1-2H3,(H,11,12)/t8-/m1/s1. The largest absolute Gasteiger partial charge is 0.274 e. The Labute approximate surface area is 91.5 Å². The Hall–Kier alpha value is -0.580. The smallest absolute Gasteiger partial charge is 0.237 e. The van der Waals surface area contributed by atoms with E-state index in [9.17, 15) is 13.2 Å². The van der Waals surface area contributed by atoms with E-state index in [1.807, 2.05) is 6.92 Å². The van der Waals surface area contributed by atoms with Crippen molar-refractivity contribution in [3.8, 4) is 0 Å². The van der Waals surface area contributed by atoms with Gasteiger partial charge in [0.25, 0.3) is 0 Å². The van der Waals surface area contributed by atoms with Crippen molar-refractivity contribution >= 4 is 15.9 Å². The highest BCUT2D eigenvalue weighted by atomic mass is 32.2. The molecular weight excluding hydrogens is 214 g/mol. The van der Waals surface area contributed by atoms with Gasteiger partial charge in [-0.25, -0.2) is 8.42 Å². The van der Waals surface area contributed by atoms with E-state index in [-0.39, 0.29) is 11.8 Å². The zero-order valence-electron chi connectivity index (χ0n) is 9.32. The van der Waals surface area contributed by atoms with E-state index in [4.69, 9.17) is 0 Å². The summed E-state index contributed by atoms with van der Waals surface area (Å²) in [5.41, 5.74) is 0. The van der Waals surface area contributed by atoms with Gasteiger partial charge in [0.05, 0.1) is 5.25 Å². The van der Waals surface area contributed by atoms with E-state index in [0.717, 1.165) is 25.7 Å². The van der Waals surface area contributed by atoms with Gasteiger partial charge in [0, 0.05) is 5.92 Å². The van der Waals surface area contributed by atoms with Gasteiger partial charge in [-0.1, -0.05) is 19.8 Å². The Bertz CT molecular complexity index is 320. The van der Waals surface area contributed by atoms with Crippen LogP contribution in [0, 0.1) is 5.92 Å². The molecule has 0 aromatic carbocycles. The molecule has 1 aliphatic rings. The lowest BCUT2D eigenvalue weighted by atomic mass is 9.85. The molecule has 15 heavy (non-hydrogen) atoms. The van der Waals surface area contributed by atoms with Gasteiger partial charge in [-0.3, -0.25) is 9.52 Å². The van der Waals surface area contributed by atoms with Gasteiger partial charge >= 0.3 is 0 Å². The third-order valence-corrected chi connectivity index (χ3v) is 4.72. The molecule has 1 saturated carbocycles. The average Bonchev–Trinajstić information content (AvgIpc) is 1.99. The van der Waals surface area contributed by atoms with Gasteiger partial charge in [0.2, 0.25) is 15.9 Å². The maximum atomic E-state index is 11.6. The molecule has 4 nitrogen and oxygen atoms in total. The second-order valence-corrected chi connectivity index (χ2v) is 6.34. The Morgan fingerprint density at radius 1 is 1.47 bits per heavy atom. The van der Waals surface area contributed by atoms with E-state index in [2.05, 4.69) is 4.72 Å². The predicted molar refractivity (Wildman–Crippen MR) is 58.8 cm³/mol. The number of carbonyl (C=O) groups excluding carboxylic acids is 1. The van der Waals surface area contributed by atoms with Gasteiger partial charge in [-0.2, -0.15) is 0 Å². The SMILES string of the molecule is CCC[C@@H](C)S(=O)(=O)NC(=O)C1CCC1. The van der Waals surface area contributed by atoms with Crippen molar-refractivity contribution in [2.24, 2.45) is 5.92 Å². The Balaban J connectivity index is 2.51. The zero-order valence-corrected chi connectivity index (χ0v) is 10.1. The summed E-state index contributed by atoms with van der Waals surface area (Å²) in [7, 11) is -3.44. The predicted octanol–water partition coefficient (Wildman–Crippen LogP) is 1.42. The van der Waals surface area contributed by atoms with Gasteiger partial charge in [0.1, 0.15) is 0 Å². The summed E-state index contributed by atoms with van der Waals surface area (Å²) in [6, 6.07) is 0. The molecule has 1 N–H and O–H groups in total. The molecule has 0 saturated heterocycles. The van der Waals surface area contributed by atoms with Gasteiger partial charge < -0.3 is 0 Å². The van der Waals surface area contributed by atoms with Gasteiger partial charge in [-0.15, -0.1) is 0 Å². The highest BCUT2D eigenvalue weighted by Crippen LogP contribution is 2.26. The molecule has 0 spiro atoms.